The van der Waals surface area contributed by atoms with Gasteiger partial charge in [-0.15, -0.1) is 0 Å². The third-order valence-electron chi connectivity index (χ3n) is 5.48. The lowest BCUT2D eigenvalue weighted by atomic mass is 9.85. The zero-order valence-corrected chi connectivity index (χ0v) is 13.2. The second-order valence-electron chi connectivity index (χ2n) is 7.66. The van der Waals surface area contributed by atoms with Crippen molar-refractivity contribution < 1.29 is 9.90 Å². The summed E-state index contributed by atoms with van der Waals surface area (Å²) in [5.41, 5.74) is 0.536. The molecule has 1 unspecified atom stereocenters. The van der Waals surface area contributed by atoms with E-state index in [0.29, 0.717) is 17.8 Å². The molecule has 3 heteroatoms. The standard InChI is InChI=1S/C17H31NO2/c1-17(2)10-3-4-15(7-11-17)18-12-8-14(9-13-18)5-6-16(19)20/h14-15H,3-13H2,1-2H3,(H,19,20). The summed E-state index contributed by atoms with van der Waals surface area (Å²) in [6.45, 7) is 7.20. The van der Waals surface area contributed by atoms with E-state index in [0.717, 1.165) is 12.5 Å². The first-order valence-electron chi connectivity index (χ1n) is 8.42. The van der Waals surface area contributed by atoms with E-state index in [1.54, 1.807) is 0 Å². The van der Waals surface area contributed by atoms with Gasteiger partial charge in [-0.05, 0) is 69.4 Å². The van der Waals surface area contributed by atoms with Crippen LogP contribution in [0.25, 0.3) is 0 Å². The number of hydrogen-bond acceptors (Lipinski definition) is 2. The quantitative estimate of drug-likeness (QED) is 0.794. The topological polar surface area (TPSA) is 40.5 Å². The third kappa shape index (κ3) is 4.76. The number of likely N-dealkylation sites (tertiary alicyclic amines) is 1. The zero-order chi connectivity index (χ0) is 14.6. The maximum atomic E-state index is 10.6. The minimum absolute atomic E-state index is 0.349. The normalized spacial score (nSPS) is 29.0. The fourth-order valence-electron chi connectivity index (χ4n) is 3.94. The smallest absolute Gasteiger partial charge is 0.303 e. The van der Waals surface area contributed by atoms with Crippen molar-refractivity contribution in [1.82, 2.24) is 4.90 Å². The van der Waals surface area contributed by atoms with Gasteiger partial charge in [0.1, 0.15) is 0 Å². The highest BCUT2D eigenvalue weighted by Crippen LogP contribution is 2.36. The van der Waals surface area contributed by atoms with Crippen molar-refractivity contribution in [3.05, 3.63) is 0 Å². The molecule has 0 aromatic rings. The average molecular weight is 281 g/mol. The molecule has 0 bridgehead atoms. The maximum absolute atomic E-state index is 10.6. The second kappa shape index (κ2) is 6.93. The molecule has 0 amide bonds. The number of piperidine rings is 1. The first-order chi connectivity index (χ1) is 9.46. The molecule has 116 valence electrons. The molecule has 2 aliphatic rings. The molecule has 0 aromatic carbocycles. The number of rotatable bonds is 4. The predicted octanol–water partition coefficient (Wildman–Crippen LogP) is 3.92. The predicted molar refractivity (Wildman–Crippen MR) is 81.8 cm³/mol. The number of carbonyl (C=O) groups is 1. The van der Waals surface area contributed by atoms with Crippen molar-refractivity contribution >= 4 is 5.97 Å². The van der Waals surface area contributed by atoms with Crippen LogP contribution in [0.2, 0.25) is 0 Å². The minimum Gasteiger partial charge on any atom is -0.481 e. The lowest BCUT2D eigenvalue weighted by Crippen LogP contribution is -2.41. The molecule has 3 nitrogen and oxygen atoms in total. The summed E-state index contributed by atoms with van der Waals surface area (Å²) < 4.78 is 0. The lowest BCUT2D eigenvalue weighted by molar-refractivity contribution is -0.137. The average Bonchev–Trinajstić information content (AvgIpc) is 2.58. The van der Waals surface area contributed by atoms with Gasteiger partial charge in [-0.3, -0.25) is 4.79 Å². The summed E-state index contributed by atoms with van der Waals surface area (Å²) in [6.07, 6.45) is 10.4. The van der Waals surface area contributed by atoms with Gasteiger partial charge in [0.25, 0.3) is 0 Å². The Morgan fingerprint density at radius 1 is 1.15 bits per heavy atom. The van der Waals surface area contributed by atoms with Crippen molar-refractivity contribution in [2.75, 3.05) is 13.1 Å². The van der Waals surface area contributed by atoms with Crippen molar-refractivity contribution in [2.45, 2.75) is 77.7 Å². The van der Waals surface area contributed by atoms with Gasteiger partial charge >= 0.3 is 5.97 Å². The second-order valence-corrected chi connectivity index (χ2v) is 7.66. The highest BCUT2D eigenvalue weighted by Gasteiger charge is 2.29. The Morgan fingerprint density at radius 3 is 2.50 bits per heavy atom. The van der Waals surface area contributed by atoms with Crippen LogP contribution in [0, 0.1) is 11.3 Å². The van der Waals surface area contributed by atoms with Crippen LogP contribution in [0.3, 0.4) is 0 Å². The van der Waals surface area contributed by atoms with Crippen molar-refractivity contribution in [1.29, 1.82) is 0 Å². The summed E-state index contributed by atoms with van der Waals surface area (Å²) in [7, 11) is 0. The molecule has 1 N–H and O–H groups in total. The van der Waals surface area contributed by atoms with Crippen molar-refractivity contribution in [3.63, 3.8) is 0 Å². The summed E-state index contributed by atoms with van der Waals surface area (Å²) in [5.74, 6) is 0.00278. The Bertz CT molecular complexity index is 319. The minimum atomic E-state index is -0.640. The fraction of sp³-hybridized carbons (Fsp3) is 0.941. The van der Waals surface area contributed by atoms with Crippen LogP contribution >= 0.6 is 0 Å². The summed E-state index contributed by atoms with van der Waals surface area (Å²) in [4.78, 5) is 13.3. The number of aliphatic carboxylic acids is 1. The Kier molecular flexibility index (Phi) is 5.48. The molecule has 0 radical (unpaired) electrons. The molecule has 1 aliphatic heterocycles. The SMILES string of the molecule is CC1(C)CCCC(N2CCC(CCC(=O)O)CC2)CC1. The summed E-state index contributed by atoms with van der Waals surface area (Å²) >= 11 is 0. The first kappa shape index (κ1) is 15.8. The molecule has 1 heterocycles. The maximum Gasteiger partial charge on any atom is 0.303 e. The van der Waals surface area contributed by atoms with Crippen LogP contribution in [0.15, 0.2) is 0 Å². The van der Waals surface area contributed by atoms with Crippen LogP contribution in [0.4, 0.5) is 0 Å². The Hall–Kier alpha value is -0.570. The van der Waals surface area contributed by atoms with Gasteiger partial charge in [0, 0.05) is 12.5 Å². The summed E-state index contributed by atoms with van der Waals surface area (Å²) in [6, 6.07) is 0.789. The number of hydrogen-bond donors (Lipinski definition) is 1. The van der Waals surface area contributed by atoms with Gasteiger partial charge in [-0.1, -0.05) is 20.3 Å². The monoisotopic (exact) mass is 281 g/mol. The number of carboxylic acid groups (broad SMARTS) is 1. The first-order valence-corrected chi connectivity index (χ1v) is 8.42. The van der Waals surface area contributed by atoms with Crippen LogP contribution in [-0.2, 0) is 4.79 Å². The van der Waals surface area contributed by atoms with Crippen LogP contribution in [0.1, 0.15) is 71.6 Å². The number of nitrogens with zero attached hydrogens (tertiary/aromatic N) is 1. The van der Waals surface area contributed by atoms with Crippen molar-refractivity contribution in [3.8, 4) is 0 Å². The van der Waals surface area contributed by atoms with E-state index >= 15 is 0 Å². The molecule has 1 saturated heterocycles. The van der Waals surface area contributed by atoms with Crippen LogP contribution in [-0.4, -0.2) is 35.1 Å². The zero-order valence-electron chi connectivity index (χ0n) is 13.2. The third-order valence-corrected chi connectivity index (χ3v) is 5.48. The molecule has 0 spiro atoms. The van der Waals surface area contributed by atoms with E-state index in [1.807, 2.05) is 0 Å². The molecule has 2 fully saturated rings. The molecule has 0 aromatic heterocycles. The van der Waals surface area contributed by atoms with Crippen LogP contribution in [0.5, 0.6) is 0 Å². The van der Waals surface area contributed by atoms with Gasteiger partial charge in [-0.2, -0.15) is 0 Å². The highest BCUT2D eigenvalue weighted by atomic mass is 16.4. The highest BCUT2D eigenvalue weighted by molar-refractivity contribution is 5.66. The molecule has 1 atom stereocenters. The van der Waals surface area contributed by atoms with Crippen LogP contribution < -0.4 is 0 Å². The van der Waals surface area contributed by atoms with Gasteiger partial charge in [-0.25, -0.2) is 0 Å². The van der Waals surface area contributed by atoms with Gasteiger partial charge < -0.3 is 10.0 Å². The fourth-order valence-corrected chi connectivity index (χ4v) is 3.94. The Morgan fingerprint density at radius 2 is 1.85 bits per heavy atom. The number of carboxylic acids is 1. The summed E-state index contributed by atoms with van der Waals surface area (Å²) in [5, 5.41) is 8.77. The molecular formula is C17H31NO2. The van der Waals surface area contributed by atoms with E-state index in [1.165, 1.54) is 58.0 Å². The largest absolute Gasteiger partial charge is 0.481 e. The van der Waals surface area contributed by atoms with Gasteiger partial charge in [0.2, 0.25) is 0 Å². The molecule has 2 rings (SSSR count). The van der Waals surface area contributed by atoms with E-state index in [4.69, 9.17) is 5.11 Å². The van der Waals surface area contributed by atoms with Gasteiger partial charge in [0.05, 0.1) is 0 Å². The van der Waals surface area contributed by atoms with E-state index in [2.05, 4.69) is 18.7 Å². The van der Waals surface area contributed by atoms with Gasteiger partial charge in [0.15, 0.2) is 0 Å². The lowest BCUT2D eigenvalue weighted by Gasteiger charge is -2.37. The Labute approximate surface area is 123 Å². The van der Waals surface area contributed by atoms with E-state index < -0.39 is 5.97 Å². The van der Waals surface area contributed by atoms with Crippen molar-refractivity contribution in [2.24, 2.45) is 11.3 Å². The van der Waals surface area contributed by atoms with E-state index in [9.17, 15) is 4.79 Å². The molecule has 1 aliphatic carbocycles. The molecule has 20 heavy (non-hydrogen) atoms. The van der Waals surface area contributed by atoms with E-state index in [-0.39, 0.29) is 0 Å². The molecule has 1 saturated carbocycles. The Balaban J connectivity index is 1.74. The molecular weight excluding hydrogens is 250 g/mol.